The van der Waals surface area contributed by atoms with Crippen LogP contribution in [0.4, 0.5) is 0 Å². The topological polar surface area (TPSA) is 69.7 Å². The zero-order valence-corrected chi connectivity index (χ0v) is 15.8. The number of nitrogens with zero attached hydrogens (tertiary/aromatic N) is 2. The van der Waals surface area contributed by atoms with Crippen LogP contribution < -0.4 is 4.72 Å². The molecule has 2 fully saturated rings. The molecule has 2 rings (SSSR count). The molecule has 0 unspecified atom stereocenters. The van der Waals surface area contributed by atoms with Crippen LogP contribution in [0, 0.1) is 5.92 Å². The Hall–Kier alpha value is -0.370. The highest BCUT2D eigenvalue weighted by Crippen LogP contribution is 2.22. The summed E-state index contributed by atoms with van der Waals surface area (Å²) in [5.41, 5.74) is 0. The second-order valence-electron chi connectivity index (χ2n) is 6.42. The molecule has 0 spiro atoms. The van der Waals surface area contributed by atoms with Crippen LogP contribution in [-0.2, 0) is 14.8 Å². The molecule has 2 saturated heterocycles. The van der Waals surface area contributed by atoms with Gasteiger partial charge in [-0.15, -0.1) is 12.4 Å². The number of hydrogen-bond donors (Lipinski definition) is 1. The van der Waals surface area contributed by atoms with Gasteiger partial charge >= 0.3 is 0 Å². The third-order valence-electron chi connectivity index (χ3n) is 4.74. The quantitative estimate of drug-likeness (QED) is 0.696. The van der Waals surface area contributed by atoms with E-state index in [9.17, 15) is 13.2 Å². The van der Waals surface area contributed by atoms with Crippen molar-refractivity contribution in [3.63, 3.8) is 0 Å². The highest BCUT2D eigenvalue weighted by Gasteiger charge is 2.34. The molecule has 0 aromatic heterocycles. The maximum absolute atomic E-state index is 11.8. The van der Waals surface area contributed by atoms with E-state index in [4.69, 9.17) is 0 Å². The van der Waals surface area contributed by atoms with Crippen LogP contribution in [0.5, 0.6) is 0 Å². The van der Waals surface area contributed by atoms with E-state index in [0.29, 0.717) is 12.3 Å². The van der Waals surface area contributed by atoms with Crippen LogP contribution in [0.2, 0.25) is 0 Å². The summed E-state index contributed by atoms with van der Waals surface area (Å²) in [5.74, 6) is 0.762. The Morgan fingerprint density at radius 1 is 1.22 bits per heavy atom. The number of sulfonamides is 1. The van der Waals surface area contributed by atoms with Gasteiger partial charge in [-0.1, -0.05) is 13.3 Å². The van der Waals surface area contributed by atoms with Crippen molar-refractivity contribution in [2.75, 3.05) is 38.5 Å². The Morgan fingerprint density at radius 2 is 1.96 bits per heavy atom. The van der Waals surface area contributed by atoms with E-state index >= 15 is 0 Å². The monoisotopic (exact) mass is 367 g/mol. The third kappa shape index (κ3) is 5.89. The minimum absolute atomic E-state index is 0. The molecule has 0 aromatic rings. The van der Waals surface area contributed by atoms with Gasteiger partial charge in [-0.05, 0) is 25.7 Å². The summed E-state index contributed by atoms with van der Waals surface area (Å²) in [6.07, 6.45) is 3.75. The summed E-state index contributed by atoms with van der Waals surface area (Å²) >= 11 is 0. The summed E-state index contributed by atoms with van der Waals surface area (Å²) < 4.78 is 26.5. The first-order chi connectivity index (χ1) is 10.4. The van der Waals surface area contributed by atoms with Crippen LogP contribution in [0.15, 0.2) is 0 Å². The fourth-order valence-corrected chi connectivity index (χ4v) is 4.35. The molecule has 23 heavy (non-hydrogen) atoms. The molecule has 0 saturated carbocycles. The van der Waals surface area contributed by atoms with Gasteiger partial charge in [0.2, 0.25) is 15.9 Å². The molecule has 8 heteroatoms. The molecule has 0 bridgehead atoms. The largest absolute Gasteiger partial charge is 0.341 e. The molecule has 6 nitrogen and oxygen atoms in total. The van der Waals surface area contributed by atoms with Gasteiger partial charge in [0.1, 0.15) is 0 Å². The molecule has 136 valence electrons. The lowest BCUT2D eigenvalue weighted by molar-refractivity contribution is -0.127. The number of rotatable bonds is 8. The Morgan fingerprint density at radius 3 is 2.52 bits per heavy atom. The lowest BCUT2D eigenvalue weighted by Gasteiger charge is -2.21. The van der Waals surface area contributed by atoms with Crippen molar-refractivity contribution in [1.29, 1.82) is 0 Å². The number of hydrogen-bond acceptors (Lipinski definition) is 4. The standard InChI is InChI=1S/C15H29N3O3S.ClH/c1-3-6-13-11-17(9-10-18-8-5-7-15(18)19)12-14(13)16-22(20,21)4-2;/h13-14,16H,3-12H2,1-2H3;1H/t13-,14-;/m0./s1. The summed E-state index contributed by atoms with van der Waals surface area (Å²) in [7, 11) is -3.16. The summed E-state index contributed by atoms with van der Waals surface area (Å²) in [4.78, 5) is 15.9. The fraction of sp³-hybridized carbons (Fsp3) is 0.933. The first kappa shape index (κ1) is 20.7. The van der Waals surface area contributed by atoms with E-state index in [1.54, 1.807) is 6.92 Å². The Balaban J connectivity index is 0.00000264. The van der Waals surface area contributed by atoms with Crippen LogP contribution in [0.3, 0.4) is 0 Å². The van der Waals surface area contributed by atoms with Crippen LogP contribution in [-0.4, -0.2) is 68.6 Å². The van der Waals surface area contributed by atoms with Gasteiger partial charge in [-0.2, -0.15) is 0 Å². The highest BCUT2D eigenvalue weighted by molar-refractivity contribution is 7.89. The predicted molar refractivity (Wildman–Crippen MR) is 94.3 cm³/mol. The Bertz CT molecular complexity index is 486. The van der Waals surface area contributed by atoms with Crippen molar-refractivity contribution in [3.8, 4) is 0 Å². The molecule has 2 aliphatic rings. The van der Waals surface area contributed by atoms with Crippen molar-refractivity contribution in [2.24, 2.45) is 5.92 Å². The number of likely N-dealkylation sites (tertiary alicyclic amines) is 2. The average molecular weight is 368 g/mol. The molecule has 0 aliphatic carbocycles. The molecular weight excluding hydrogens is 338 g/mol. The van der Waals surface area contributed by atoms with Gasteiger partial charge in [0.25, 0.3) is 0 Å². The Labute approximate surface area is 146 Å². The highest BCUT2D eigenvalue weighted by atomic mass is 35.5. The first-order valence-electron chi connectivity index (χ1n) is 8.45. The van der Waals surface area contributed by atoms with Crippen molar-refractivity contribution in [2.45, 2.75) is 45.6 Å². The lowest BCUT2D eigenvalue weighted by atomic mass is 9.99. The van der Waals surface area contributed by atoms with Gasteiger partial charge < -0.3 is 4.90 Å². The zero-order chi connectivity index (χ0) is 16.2. The van der Waals surface area contributed by atoms with Crippen molar-refractivity contribution >= 4 is 28.3 Å². The summed E-state index contributed by atoms with van der Waals surface area (Å²) in [6.45, 7) is 7.97. The number of nitrogens with one attached hydrogen (secondary N) is 1. The van der Waals surface area contributed by atoms with Crippen LogP contribution in [0.1, 0.15) is 39.5 Å². The van der Waals surface area contributed by atoms with E-state index in [-0.39, 0.29) is 30.1 Å². The molecule has 2 aliphatic heterocycles. The zero-order valence-electron chi connectivity index (χ0n) is 14.2. The number of amides is 1. The summed E-state index contributed by atoms with van der Waals surface area (Å²) in [5, 5.41) is 0. The van der Waals surface area contributed by atoms with Crippen molar-refractivity contribution in [3.05, 3.63) is 0 Å². The first-order valence-corrected chi connectivity index (χ1v) is 10.1. The average Bonchev–Trinajstić information content (AvgIpc) is 3.04. The van der Waals surface area contributed by atoms with E-state index in [0.717, 1.165) is 52.0 Å². The van der Waals surface area contributed by atoms with E-state index in [2.05, 4.69) is 16.5 Å². The predicted octanol–water partition coefficient (Wildman–Crippen LogP) is 1.07. The third-order valence-corrected chi connectivity index (χ3v) is 6.17. The number of halogens is 1. The van der Waals surface area contributed by atoms with Crippen molar-refractivity contribution in [1.82, 2.24) is 14.5 Å². The van der Waals surface area contributed by atoms with E-state index < -0.39 is 10.0 Å². The van der Waals surface area contributed by atoms with E-state index in [1.165, 1.54) is 0 Å². The van der Waals surface area contributed by atoms with Gasteiger partial charge in [0.15, 0.2) is 0 Å². The van der Waals surface area contributed by atoms with Gasteiger partial charge in [-0.25, -0.2) is 13.1 Å². The van der Waals surface area contributed by atoms with Gasteiger partial charge in [-0.3, -0.25) is 9.69 Å². The van der Waals surface area contributed by atoms with Gasteiger partial charge in [0, 0.05) is 45.2 Å². The second kappa shape index (κ2) is 9.20. The molecule has 0 aromatic carbocycles. The minimum Gasteiger partial charge on any atom is -0.341 e. The smallest absolute Gasteiger partial charge is 0.222 e. The van der Waals surface area contributed by atoms with Crippen molar-refractivity contribution < 1.29 is 13.2 Å². The second-order valence-corrected chi connectivity index (χ2v) is 8.46. The fourth-order valence-electron chi connectivity index (χ4n) is 3.46. The number of carbonyl (C=O) groups is 1. The molecule has 0 radical (unpaired) electrons. The maximum atomic E-state index is 11.8. The Kier molecular flexibility index (Phi) is 8.27. The molecule has 2 heterocycles. The molecule has 2 atom stereocenters. The molecular formula is C15H30ClN3O3S. The lowest BCUT2D eigenvalue weighted by Crippen LogP contribution is -2.41. The van der Waals surface area contributed by atoms with E-state index in [1.807, 2.05) is 4.90 Å². The van der Waals surface area contributed by atoms with Gasteiger partial charge in [0.05, 0.1) is 5.75 Å². The summed E-state index contributed by atoms with van der Waals surface area (Å²) in [6, 6.07) is 0.0131. The number of carbonyl (C=O) groups excluding carboxylic acids is 1. The maximum Gasteiger partial charge on any atom is 0.222 e. The van der Waals surface area contributed by atoms with Crippen LogP contribution in [0.25, 0.3) is 0 Å². The van der Waals surface area contributed by atoms with Crippen LogP contribution >= 0.6 is 12.4 Å². The normalized spacial score (nSPS) is 25.8. The molecule has 1 amide bonds. The molecule has 1 N–H and O–H groups in total. The minimum atomic E-state index is -3.16. The SMILES string of the molecule is CCC[C@H]1CN(CCN2CCCC2=O)C[C@@H]1NS(=O)(=O)CC.Cl.